The van der Waals surface area contributed by atoms with Gasteiger partial charge in [0.15, 0.2) is 0 Å². The zero-order valence-corrected chi connectivity index (χ0v) is 7.76. The van der Waals surface area contributed by atoms with Gasteiger partial charge in [-0.05, 0) is 12.0 Å². The third kappa shape index (κ3) is 1.72. The van der Waals surface area contributed by atoms with Gasteiger partial charge in [-0.1, -0.05) is 42.5 Å². The third-order valence-corrected chi connectivity index (χ3v) is 3.33. The summed E-state index contributed by atoms with van der Waals surface area (Å²) in [6.45, 7) is 0. The van der Waals surface area contributed by atoms with Gasteiger partial charge in [-0.15, -0.1) is 11.8 Å². The van der Waals surface area contributed by atoms with Crippen molar-refractivity contribution >= 4 is 11.8 Å². The summed E-state index contributed by atoms with van der Waals surface area (Å²) >= 11 is 2.03. The molecule has 2 rings (SSSR count). The van der Waals surface area contributed by atoms with Gasteiger partial charge >= 0.3 is 0 Å². The molecule has 0 aromatic heterocycles. The highest BCUT2D eigenvalue weighted by molar-refractivity contribution is 7.99. The van der Waals surface area contributed by atoms with Crippen LogP contribution in [0.3, 0.4) is 0 Å². The highest BCUT2D eigenvalue weighted by atomic mass is 32.2. The fourth-order valence-corrected chi connectivity index (χ4v) is 2.50. The maximum Gasteiger partial charge on any atom is 0.0334 e. The maximum absolute atomic E-state index is 2.29. The first-order valence-corrected chi connectivity index (χ1v) is 5.33. The minimum atomic E-state index is 0.691. The van der Waals surface area contributed by atoms with Crippen LogP contribution in [-0.2, 0) is 0 Å². The Morgan fingerprint density at radius 1 is 1.08 bits per heavy atom. The van der Waals surface area contributed by atoms with Gasteiger partial charge in [-0.2, -0.15) is 0 Å². The molecule has 0 bridgehead atoms. The van der Waals surface area contributed by atoms with E-state index in [2.05, 4.69) is 42.5 Å². The van der Waals surface area contributed by atoms with Crippen LogP contribution in [0.25, 0.3) is 0 Å². The van der Waals surface area contributed by atoms with Crippen molar-refractivity contribution in [3.8, 4) is 0 Å². The molecule has 0 radical (unpaired) electrons. The average molecular weight is 176 g/mol. The molecule has 0 saturated carbocycles. The Hall–Kier alpha value is -0.690. The fourth-order valence-electron chi connectivity index (χ4n) is 1.43. The molecule has 1 atom stereocenters. The molecule has 1 unspecified atom stereocenters. The van der Waals surface area contributed by atoms with E-state index in [1.165, 1.54) is 17.7 Å². The van der Waals surface area contributed by atoms with Crippen molar-refractivity contribution in [1.29, 1.82) is 0 Å². The quantitative estimate of drug-likeness (QED) is 0.591. The van der Waals surface area contributed by atoms with Gasteiger partial charge in [0, 0.05) is 11.0 Å². The summed E-state index contributed by atoms with van der Waals surface area (Å²) in [4.78, 5) is 0. The first-order chi connectivity index (χ1) is 5.97. The molecule has 0 N–H and O–H groups in total. The minimum absolute atomic E-state index is 0.691. The second kappa shape index (κ2) is 3.81. The van der Waals surface area contributed by atoms with Gasteiger partial charge in [0.05, 0.1) is 0 Å². The Morgan fingerprint density at radius 2 is 1.92 bits per heavy atom. The SMILES string of the molecule is C1=CCC(c2ccccc2)SC1. The van der Waals surface area contributed by atoms with Gasteiger partial charge in [-0.25, -0.2) is 0 Å². The summed E-state index contributed by atoms with van der Waals surface area (Å²) in [5, 5.41) is 0.691. The van der Waals surface area contributed by atoms with E-state index in [0.717, 1.165) is 0 Å². The summed E-state index contributed by atoms with van der Waals surface area (Å²) < 4.78 is 0. The van der Waals surface area contributed by atoms with E-state index in [0.29, 0.717) is 5.25 Å². The normalized spacial score (nSPS) is 22.5. The van der Waals surface area contributed by atoms with Crippen molar-refractivity contribution in [1.82, 2.24) is 0 Å². The van der Waals surface area contributed by atoms with E-state index in [1.807, 2.05) is 11.8 Å². The van der Waals surface area contributed by atoms with Gasteiger partial charge in [0.25, 0.3) is 0 Å². The molecule has 12 heavy (non-hydrogen) atoms. The lowest BCUT2D eigenvalue weighted by Crippen LogP contribution is -1.96. The van der Waals surface area contributed by atoms with Gasteiger partial charge in [0.1, 0.15) is 0 Å². The van der Waals surface area contributed by atoms with Crippen molar-refractivity contribution < 1.29 is 0 Å². The lowest BCUT2D eigenvalue weighted by molar-refractivity contribution is 0.959. The molecule has 62 valence electrons. The van der Waals surface area contributed by atoms with E-state index >= 15 is 0 Å². The molecule has 0 saturated heterocycles. The molecule has 0 amide bonds. The monoisotopic (exact) mass is 176 g/mol. The van der Waals surface area contributed by atoms with E-state index < -0.39 is 0 Å². The number of allylic oxidation sites excluding steroid dienone is 1. The van der Waals surface area contributed by atoms with Crippen LogP contribution in [0.4, 0.5) is 0 Å². The van der Waals surface area contributed by atoms with Gasteiger partial charge in [-0.3, -0.25) is 0 Å². The number of rotatable bonds is 1. The Labute approximate surface area is 77.7 Å². The summed E-state index contributed by atoms with van der Waals surface area (Å²) in [5.41, 5.74) is 1.46. The van der Waals surface area contributed by atoms with Crippen molar-refractivity contribution in [3.63, 3.8) is 0 Å². The summed E-state index contributed by atoms with van der Waals surface area (Å²) in [6, 6.07) is 10.8. The molecule has 1 aromatic carbocycles. The highest BCUT2D eigenvalue weighted by Gasteiger charge is 2.11. The summed E-state index contributed by atoms with van der Waals surface area (Å²) in [5.74, 6) is 1.17. The molecule has 0 spiro atoms. The molecule has 1 heteroatoms. The van der Waals surface area contributed by atoms with Crippen molar-refractivity contribution in [2.75, 3.05) is 5.75 Å². The van der Waals surface area contributed by atoms with Gasteiger partial charge < -0.3 is 0 Å². The molecule has 0 nitrogen and oxygen atoms in total. The molecule has 1 aliphatic heterocycles. The molecule has 1 aliphatic rings. The lowest BCUT2D eigenvalue weighted by atomic mass is 10.1. The molecular formula is C11H12S. The van der Waals surface area contributed by atoms with Crippen LogP contribution in [0.1, 0.15) is 17.2 Å². The standard InChI is InChI=1S/C11H12S/c1-2-6-10(7-3-1)11-8-4-5-9-12-11/h1-7,11H,8-9H2. The van der Waals surface area contributed by atoms with E-state index in [1.54, 1.807) is 0 Å². The van der Waals surface area contributed by atoms with Crippen LogP contribution in [0.5, 0.6) is 0 Å². The minimum Gasteiger partial charge on any atom is -0.149 e. The summed E-state index contributed by atoms with van der Waals surface area (Å²) in [7, 11) is 0. The zero-order valence-electron chi connectivity index (χ0n) is 6.94. The van der Waals surface area contributed by atoms with Crippen LogP contribution in [0.2, 0.25) is 0 Å². The van der Waals surface area contributed by atoms with Crippen molar-refractivity contribution in [2.45, 2.75) is 11.7 Å². The lowest BCUT2D eigenvalue weighted by Gasteiger charge is -2.17. The van der Waals surface area contributed by atoms with Crippen LogP contribution in [0, 0.1) is 0 Å². The first kappa shape index (κ1) is 7.93. The Kier molecular flexibility index (Phi) is 2.52. The molecule has 0 aliphatic carbocycles. The molecular weight excluding hydrogens is 164 g/mol. The molecule has 0 fully saturated rings. The van der Waals surface area contributed by atoms with Crippen molar-refractivity contribution in [2.24, 2.45) is 0 Å². The van der Waals surface area contributed by atoms with Crippen LogP contribution in [-0.4, -0.2) is 5.75 Å². The molecule has 1 heterocycles. The predicted molar refractivity (Wildman–Crippen MR) is 55.4 cm³/mol. The Morgan fingerprint density at radius 3 is 2.58 bits per heavy atom. The van der Waals surface area contributed by atoms with Crippen LogP contribution >= 0.6 is 11.8 Å². The Bertz CT molecular complexity index is 264. The van der Waals surface area contributed by atoms with Gasteiger partial charge in [0.2, 0.25) is 0 Å². The largest absolute Gasteiger partial charge is 0.149 e. The second-order valence-electron chi connectivity index (χ2n) is 2.94. The highest BCUT2D eigenvalue weighted by Crippen LogP contribution is 2.34. The molecule has 1 aromatic rings. The Balaban J connectivity index is 2.15. The van der Waals surface area contributed by atoms with Crippen molar-refractivity contribution in [3.05, 3.63) is 48.0 Å². The number of hydrogen-bond donors (Lipinski definition) is 0. The summed E-state index contributed by atoms with van der Waals surface area (Å²) in [6.07, 6.45) is 5.73. The second-order valence-corrected chi connectivity index (χ2v) is 4.18. The fraction of sp³-hybridized carbons (Fsp3) is 0.273. The third-order valence-electron chi connectivity index (χ3n) is 2.08. The van der Waals surface area contributed by atoms with Crippen LogP contribution < -0.4 is 0 Å². The topological polar surface area (TPSA) is 0 Å². The zero-order chi connectivity index (χ0) is 8.23. The first-order valence-electron chi connectivity index (χ1n) is 4.28. The maximum atomic E-state index is 2.29. The number of benzene rings is 1. The number of hydrogen-bond acceptors (Lipinski definition) is 1. The predicted octanol–water partition coefficient (Wildman–Crippen LogP) is 3.42. The average Bonchev–Trinajstić information content (AvgIpc) is 2.21. The number of thioether (sulfide) groups is 1. The van der Waals surface area contributed by atoms with E-state index in [4.69, 9.17) is 0 Å². The smallest absolute Gasteiger partial charge is 0.0334 e. The van der Waals surface area contributed by atoms with E-state index in [-0.39, 0.29) is 0 Å². The van der Waals surface area contributed by atoms with E-state index in [9.17, 15) is 0 Å². The van der Waals surface area contributed by atoms with Crippen LogP contribution in [0.15, 0.2) is 42.5 Å².